The molecule has 0 radical (unpaired) electrons. The molecule has 1 atom stereocenters. The number of pyridine rings is 1. The van der Waals surface area contributed by atoms with Crippen molar-refractivity contribution < 1.29 is 4.79 Å². The van der Waals surface area contributed by atoms with Crippen molar-refractivity contribution in [3.05, 3.63) is 112 Å². The summed E-state index contributed by atoms with van der Waals surface area (Å²) >= 11 is 6.45. The van der Waals surface area contributed by atoms with Crippen molar-refractivity contribution in [1.82, 2.24) is 15.3 Å². The first kappa shape index (κ1) is 23.6. The quantitative estimate of drug-likeness (QED) is 0.217. The zero-order valence-electron chi connectivity index (χ0n) is 20.3. The van der Waals surface area contributed by atoms with E-state index < -0.39 is 6.17 Å². The Morgan fingerprint density at radius 2 is 1.78 bits per heavy atom. The molecular weight excluding hydrogens is 470 g/mol. The summed E-state index contributed by atoms with van der Waals surface area (Å²) in [5.41, 5.74) is 6.00. The van der Waals surface area contributed by atoms with Gasteiger partial charge in [0.05, 0.1) is 11.7 Å². The normalized spacial score (nSPS) is 16.8. The highest BCUT2D eigenvalue weighted by atomic mass is 35.5. The lowest BCUT2D eigenvalue weighted by molar-refractivity contribution is -0.126. The number of amides is 1. The Balaban J connectivity index is 1.49. The van der Waals surface area contributed by atoms with Crippen molar-refractivity contribution in [3.8, 4) is 0 Å². The molecule has 0 spiro atoms. The number of benzene rings is 3. The van der Waals surface area contributed by atoms with Gasteiger partial charge in [-0.25, -0.2) is 9.99 Å². The first-order chi connectivity index (χ1) is 17.4. The zero-order chi connectivity index (χ0) is 25.2. The summed E-state index contributed by atoms with van der Waals surface area (Å²) in [7, 11) is 3.99. The van der Waals surface area contributed by atoms with Gasteiger partial charge in [0.15, 0.2) is 6.17 Å². The first-order valence-electron chi connectivity index (χ1n) is 11.6. The van der Waals surface area contributed by atoms with E-state index in [1.165, 1.54) is 5.01 Å². The first-order valence-corrected chi connectivity index (χ1v) is 12.0. The van der Waals surface area contributed by atoms with E-state index in [9.17, 15) is 4.79 Å². The molecule has 4 aromatic rings. The molecule has 1 unspecified atom stereocenters. The number of carbonyl (C=O) groups excluding carboxylic acids is 1. The van der Waals surface area contributed by atoms with Gasteiger partial charge in [-0.3, -0.25) is 4.79 Å². The van der Waals surface area contributed by atoms with Crippen LogP contribution in [0, 0.1) is 6.92 Å². The van der Waals surface area contributed by atoms with Gasteiger partial charge in [0.25, 0.3) is 5.91 Å². The molecule has 0 bridgehead atoms. The molecule has 6 nitrogen and oxygen atoms in total. The molecular formula is C29H26ClN5O. The van der Waals surface area contributed by atoms with Crippen LogP contribution in [-0.2, 0) is 4.79 Å². The second kappa shape index (κ2) is 9.84. The second-order valence-corrected chi connectivity index (χ2v) is 9.32. The molecule has 1 amide bonds. The molecule has 1 aliphatic heterocycles. The summed E-state index contributed by atoms with van der Waals surface area (Å²) in [6.07, 6.45) is 3.00. The number of nitrogens with one attached hydrogen (secondary N) is 1. The standard InChI is InChI=1S/C29H26ClN5O/c1-19-9-14-25-22(15-19)17-23(27(30)32-25)18-31-35-28(21-7-5-4-6-8-21)33-26(29(35)36)16-20-10-12-24(13-11-20)34(2)3/h4-18,28,33H,1-3H3/b26-16-,31-18+. The van der Waals surface area contributed by atoms with Crippen molar-refractivity contribution >= 4 is 46.4 Å². The van der Waals surface area contributed by atoms with E-state index in [0.29, 0.717) is 16.4 Å². The van der Waals surface area contributed by atoms with E-state index in [1.807, 2.05) is 111 Å². The lowest BCUT2D eigenvalue weighted by Gasteiger charge is -2.19. The molecule has 1 fully saturated rings. The minimum Gasteiger partial charge on any atom is -0.378 e. The van der Waals surface area contributed by atoms with Gasteiger partial charge in [-0.2, -0.15) is 5.10 Å². The van der Waals surface area contributed by atoms with Gasteiger partial charge >= 0.3 is 0 Å². The van der Waals surface area contributed by atoms with Crippen LogP contribution in [0.3, 0.4) is 0 Å². The van der Waals surface area contributed by atoms with E-state index in [4.69, 9.17) is 11.6 Å². The summed E-state index contributed by atoms with van der Waals surface area (Å²) < 4.78 is 0. The van der Waals surface area contributed by atoms with Crippen LogP contribution in [0.4, 0.5) is 5.69 Å². The Hall–Kier alpha value is -4.16. The van der Waals surface area contributed by atoms with Crippen molar-refractivity contribution in [2.24, 2.45) is 5.10 Å². The minimum atomic E-state index is -0.448. The number of rotatable bonds is 5. The number of hydrogen-bond donors (Lipinski definition) is 1. The Morgan fingerprint density at radius 3 is 2.50 bits per heavy atom. The van der Waals surface area contributed by atoms with Crippen LogP contribution >= 0.6 is 11.6 Å². The monoisotopic (exact) mass is 495 g/mol. The fourth-order valence-corrected chi connectivity index (χ4v) is 4.33. The van der Waals surface area contributed by atoms with Gasteiger partial charge in [-0.05, 0) is 54.5 Å². The summed E-state index contributed by atoms with van der Waals surface area (Å²) in [5, 5.41) is 10.7. The average Bonchev–Trinajstić information content (AvgIpc) is 3.18. The molecule has 1 saturated heterocycles. The third kappa shape index (κ3) is 4.81. The SMILES string of the molecule is Cc1ccc2nc(Cl)c(/C=N/N3C(=O)/C(=C/c4ccc(N(C)C)cc4)NC3c3ccccc3)cc2c1. The third-order valence-electron chi connectivity index (χ3n) is 6.08. The van der Waals surface area contributed by atoms with E-state index >= 15 is 0 Å². The number of carbonyl (C=O) groups is 1. The summed E-state index contributed by atoms with van der Waals surface area (Å²) in [6, 6.07) is 25.7. The lowest BCUT2D eigenvalue weighted by Crippen LogP contribution is -2.25. The van der Waals surface area contributed by atoms with Gasteiger partial charge < -0.3 is 10.2 Å². The number of nitrogens with zero attached hydrogens (tertiary/aromatic N) is 4. The smallest absolute Gasteiger partial charge is 0.292 e. The maximum atomic E-state index is 13.5. The molecule has 7 heteroatoms. The number of halogens is 1. The summed E-state index contributed by atoms with van der Waals surface area (Å²) in [5.74, 6) is -0.225. The molecule has 3 aromatic carbocycles. The summed E-state index contributed by atoms with van der Waals surface area (Å²) in [4.78, 5) is 20.0. The molecule has 5 rings (SSSR count). The van der Waals surface area contributed by atoms with Crippen LogP contribution in [0.15, 0.2) is 89.7 Å². The summed E-state index contributed by atoms with van der Waals surface area (Å²) in [6.45, 7) is 2.03. The van der Waals surface area contributed by atoms with Crippen LogP contribution < -0.4 is 10.2 Å². The minimum absolute atomic E-state index is 0.225. The molecule has 0 aliphatic carbocycles. The van der Waals surface area contributed by atoms with Crippen molar-refractivity contribution in [2.45, 2.75) is 13.1 Å². The lowest BCUT2D eigenvalue weighted by atomic mass is 10.1. The van der Waals surface area contributed by atoms with Crippen LogP contribution in [0.25, 0.3) is 17.0 Å². The van der Waals surface area contributed by atoms with Crippen LogP contribution in [0.2, 0.25) is 5.15 Å². The second-order valence-electron chi connectivity index (χ2n) is 8.96. The average molecular weight is 496 g/mol. The van der Waals surface area contributed by atoms with Gasteiger partial charge in [-0.15, -0.1) is 0 Å². The number of fused-ring (bicyclic) bond motifs is 1. The maximum Gasteiger partial charge on any atom is 0.292 e. The van der Waals surface area contributed by atoms with Gasteiger partial charge in [0.2, 0.25) is 0 Å². The molecule has 180 valence electrons. The number of aromatic nitrogens is 1. The maximum absolute atomic E-state index is 13.5. The van der Waals surface area contributed by atoms with E-state index in [0.717, 1.165) is 33.3 Å². The molecule has 1 aliphatic rings. The van der Waals surface area contributed by atoms with Crippen molar-refractivity contribution in [1.29, 1.82) is 0 Å². The van der Waals surface area contributed by atoms with Crippen LogP contribution in [-0.4, -0.2) is 36.2 Å². The van der Waals surface area contributed by atoms with E-state index in [-0.39, 0.29) is 5.91 Å². The van der Waals surface area contributed by atoms with E-state index in [1.54, 1.807) is 6.21 Å². The Morgan fingerprint density at radius 1 is 1.03 bits per heavy atom. The predicted molar refractivity (Wildman–Crippen MR) is 147 cm³/mol. The Kier molecular flexibility index (Phi) is 6.44. The fourth-order valence-electron chi connectivity index (χ4n) is 4.13. The topological polar surface area (TPSA) is 60.8 Å². The number of hydrogen-bond acceptors (Lipinski definition) is 5. The highest BCUT2D eigenvalue weighted by molar-refractivity contribution is 6.32. The molecule has 0 saturated carbocycles. The Labute approximate surface area is 215 Å². The van der Waals surface area contributed by atoms with Crippen molar-refractivity contribution in [3.63, 3.8) is 0 Å². The van der Waals surface area contributed by atoms with Gasteiger partial charge in [-0.1, -0.05) is 65.7 Å². The van der Waals surface area contributed by atoms with Gasteiger partial charge in [0, 0.05) is 30.7 Å². The highest BCUT2D eigenvalue weighted by Gasteiger charge is 2.35. The fraction of sp³-hybridized carbons (Fsp3) is 0.138. The highest BCUT2D eigenvalue weighted by Crippen LogP contribution is 2.29. The number of hydrazone groups is 1. The molecule has 1 N–H and O–H groups in total. The molecule has 2 heterocycles. The Bertz CT molecular complexity index is 1480. The van der Waals surface area contributed by atoms with Crippen LogP contribution in [0.5, 0.6) is 0 Å². The van der Waals surface area contributed by atoms with E-state index in [2.05, 4.69) is 15.4 Å². The molecule has 36 heavy (non-hydrogen) atoms. The predicted octanol–water partition coefficient (Wildman–Crippen LogP) is 5.77. The third-order valence-corrected chi connectivity index (χ3v) is 6.39. The zero-order valence-corrected chi connectivity index (χ0v) is 21.1. The number of anilines is 1. The molecule has 1 aromatic heterocycles. The van der Waals surface area contributed by atoms with Crippen molar-refractivity contribution in [2.75, 3.05) is 19.0 Å². The van der Waals surface area contributed by atoms with Crippen LogP contribution in [0.1, 0.15) is 28.4 Å². The largest absolute Gasteiger partial charge is 0.378 e. The van der Waals surface area contributed by atoms with Gasteiger partial charge in [0.1, 0.15) is 10.9 Å². The number of aryl methyl sites for hydroxylation is 1.